The number of carbonyl (C=O) groups excluding carboxylic acids is 2. The predicted molar refractivity (Wildman–Crippen MR) is 95.5 cm³/mol. The number of rotatable bonds is 6. The number of aromatic nitrogens is 3. The van der Waals surface area contributed by atoms with Gasteiger partial charge in [0.1, 0.15) is 11.4 Å². The maximum Gasteiger partial charge on any atom is 0.355 e. The van der Waals surface area contributed by atoms with Crippen molar-refractivity contribution in [2.75, 3.05) is 7.11 Å². The standard InChI is InChI=1S/C19H19N3O5/c1-11(23)14-9-16(22(3)10-14)19(24)26-12(2)17-20-21-18(27-17)13-5-7-15(25-4)8-6-13/h5-10,12H,1-4H3/t12-/m1/s1. The zero-order valence-corrected chi connectivity index (χ0v) is 15.4. The summed E-state index contributed by atoms with van der Waals surface area (Å²) in [6.45, 7) is 3.07. The van der Waals surface area contributed by atoms with Crippen molar-refractivity contribution in [3.05, 3.63) is 53.7 Å². The number of nitrogens with zero attached hydrogens (tertiary/aromatic N) is 3. The summed E-state index contributed by atoms with van der Waals surface area (Å²) in [6, 6.07) is 8.64. The van der Waals surface area contributed by atoms with Crippen molar-refractivity contribution >= 4 is 11.8 Å². The Morgan fingerprint density at radius 2 is 1.89 bits per heavy atom. The highest BCUT2D eigenvalue weighted by Crippen LogP contribution is 2.25. The molecule has 8 nitrogen and oxygen atoms in total. The average molecular weight is 369 g/mol. The van der Waals surface area contributed by atoms with Gasteiger partial charge in [0.15, 0.2) is 11.9 Å². The fraction of sp³-hybridized carbons (Fsp3) is 0.263. The normalized spacial score (nSPS) is 11.9. The van der Waals surface area contributed by atoms with Crippen LogP contribution in [0, 0.1) is 0 Å². The van der Waals surface area contributed by atoms with Gasteiger partial charge in [0.05, 0.1) is 7.11 Å². The summed E-state index contributed by atoms with van der Waals surface area (Å²) >= 11 is 0. The van der Waals surface area contributed by atoms with E-state index < -0.39 is 12.1 Å². The van der Waals surface area contributed by atoms with E-state index in [9.17, 15) is 9.59 Å². The van der Waals surface area contributed by atoms with Crippen LogP contribution in [0.2, 0.25) is 0 Å². The fourth-order valence-corrected chi connectivity index (χ4v) is 2.48. The number of hydrogen-bond acceptors (Lipinski definition) is 7. The van der Waals surface area contributed by atoms with Gasteiger partial charge in [-0.3, -0.25) is 4.79 Å². The quantitative estimate of drug-likeness (QED) is 0.486. The van der Waals surface area contributed by atoms with Gasteiger partial charge in [-0.1, -0.05) is 0 Å². The molecular formula is C19H19N3O5. The van der Waals surface area contributed by atoms with Crippen LogP contribution in [-0.4, -0.2) is 33.6 Å². The largest absolute Gasteiger partial charge is 0.497 e. The van der Waals surface area contributed by atoms with Crippen LogP contribution in [0.25, 0.3) is 11.5 Å². The molecule has 2 aromatic heterocycles. The third-order valence-corrected chi connectivity index (χ3v) is 4.03. The van der Waals surface area contributed by atoms with E-state index in [1.807, 2.05) is 0 Å². The van der Waals surface area contributed by atoms with E-state index in [0.29, 0.717) is 17.2 Å². The summed E-state index contributed by atoms with van der Waals surface area (Å²) in [5.41, 5.74) is 1.43. The Balaban J connectivity index is 1.73. The molecule has 0 fully saturated rings. The first-order valence-electron chi connectivity index (χ1n) is 8.25. The Morgan fingerprint density at radius 1 is 1.19 bits per heavy atom. The van der Waals surface area contributed by atoms with Gasteiger partial charge in [-0.15, -0.1) is 10.2 Å². The molecule has 2 heterocycles. The van der Waals surface area contributed by atoms with E-state index in [0.717, 1.165) is 5.56 Å². The molecule has 0 aliphatic rings. The molecule has 0 spiro atoms. The lowest BCUT2D eigenvalue weighted by molar-refractivity contribution is 0.0269. The van der Waals surface area contributed by atoms with E-state index in [4.69, 9.17) is 13.9 Å². The van der Waals surface area contributed by atoms with E-state index in [-0.39, 0.29) is 17.4 Å². The summed E-state index contributed by atoms with van der Waals surface area (Å²) in [5.74, 6) is 0.497. The van der Waals surface area contributed by atoms with Crippen LogP contribution in [0.5, 0.6) is 5.75 Å². The third kappa shape index (κ3) is 3.89. The van der Waals surface area contributed by atoms with E-state index in [2.05, 4.69) is 10.2 Å². The zero-order chi connectivity index (χ0) is 19.6. The first kappa shape index (κ1) is 18.4. The number of Topliss-reactive ketones (excluding diaryl/α,β-unsaturated/α-hetero) is 1. The number of ketones is 1. The summed E-state index contributed by atoms with van der Waals surface area (Å²) in [7, 11) is 3.25. The number of carbonyl (C=O) groups is 2. The predicted octanol–water partition coefficient (Wildman–Crippen LogP) is 3.20. The van der Waals surface area contributed by atoms with E-state index in [1.165, 1.54) is 13.0 Å². The number of benzene rings is 1. The molecular weight excluding hydrogens is 350 g/mol. The van der Waals surface area contributed by atoms with Crippen molar-refractivity contribution in [1.29, 1.82) is 0 Å². The smallest absolute Gasteiger partial charge is 0.355 e. The highest BCUT2D eigenvalue weighted by molar-refractivity contribution is 5.97. The number of esters is 1. The summed E-state index contributed by atoms with van der Waals surface area (Å²) in [4.78, 5) is 23.8. The Bertz CT molecular complexity index is 972. The van der Waals surface area contributed by atoms with Crippen LogP contribution in [0.15, 0.2) is 40.9 Å². The lowest BCUT2D eigenvalue weighted by atomic mass is 10.2. The van der Waals surface area contributed by atoms with E-state index in [1.54, 1.807) is 56.1 Å². The molecule has 1 atom stereocenters. The summed E-state index contributed by atoms with van der Waals surface area (Å²) in [6.07, 6.45) is 0.839. The molecule has 0 unspecified atom stereocenters. The van der Waals surface area contributed by atoms with Gasteiger partial charge in [0.25, 0.3) is 5.89 Å². The van der Waals surface area contributed by atoms with Crippen LogP contribution in [0.4, 0.5) is 0 Å². The third-order valence-electron chi connectivity index (χ3n) is 4.03. The molecule has 0 radical (unpaired) electrons. The van der Waals surface area contributed by atoms with Crippen molar-refractivity contribution in [2.45, 2.75) is 20.0 Å². The van der Waals surface area contributed by atoms with Gasteiger partial charge in [-0.05, 0) is 44.2 Å². The number of hydrogen-bond donors (Lipinski definition) is 0. The number of aryl methyl sites for hydroxylation is 1. The monoisotopic (exact) mass is 369 g/mol. The second-order valence-electron chi connectivity index (χ2n) is 6.00. The number of ether oxygens (including phenoxy) is 2. The van der Waals surface area contributed by atoms with Crippen molar-refractivity contribution in [3.63, 3.8) is 0 Å². The van der Waals surface area contributed by atoms with E-state index >= 15 is 0 Å². The molecule has 0 saturated heterocycles. The maximum atomic E-state index is 12.4. The molecule has 27 heavy (non-hydrogen) atoms. The molecule has 0 aliphatic carbocycles. The second kappa shape index (κ2) is 7.45. The van der Waals surface area contributed by atoms with Gasteiger partial charge >= 0.3 is 5.97 Å². The average Bonchev–Trinajstić information content (AvgIpc) is 3.29. The van der Waals surface area contributed by atoms with Gasteiger partial charge in [-0.2, -0.15) is 0 Å². The number of methoxy groups -OCH3 is 1. The highest BCUT2D eigenvalue weighted by atomic mass is 16.6. The van der Waals surface area contributed by atoms with Crippen molar-refractivity contribution < 1.29 is 23.5 Å². The molecule has 0 saturated carbocycles. The molecule has 140 valence electrons. The van der Waals surface area contributed by atoms with Gasteiger partial charge in [0.2, 0.25) is 5.89 Å². The zero-order valence-electron chi connectivity index (χ0n) is 15.4. The Labute approximate surface area is 155 Å². The Morgan fingerprint density at radius 3 is 2.48 bits per heavy atom. The van der Waals surface area contributed by atoms with Crippen LogP contribution in [-0.2, 0) is 11.8 Å². The Kier molecular flexibility index (Phi) is 5.07. The van der Waals surface area contributed by atoms with Gasteiger partial charge < -0.3 is 18.5 Å². The molecule has 0 aliphatic heterocycles. The van der Waals surface area contributed by atoms with Gasteiger partial charge in [0, 0.05) is 24.4 Å². The molecule has 0 bridgehead atoms. The topological polar surface area (TPSA) is 96.5 Å². The minimum atomic E-state index is -0.743. The molecule has 3 aromatic rings. The lowest BCUT2D eigenvalue weighted by Crippen LogP contribution is -2.12. The van der Waals surface area contributed by atoms with Crippen LogP contribution in [0.1, 0.15) is 46.7 Å². The minimum absolute atomic E-state index is 0.126. The van der Waals surface area contributed by atoms with Crippen LogP contribution >= 0.6 is 0 Å². The van der Waals surface area contributed by atoms with Crippen molar-refractivity contribution in [1.82, 2.24) is 14.8 Å². The van der Waals surface area contributed by atoms with Crippen LogP contribution in [0.3, 0.4) is 0 Å². The minimum Gasteiger partial charge on any atom is -0.497 e. The highest BCUT2D eigenvalue weighted by Gasteiger charge is 2.22. The lowest BCUT2D eigenvalue weighted by Gasteiger charge is -2.09. The first-order valence-corrected chi connectivity index (χ1v) is 8.25. The molecule has 0 amide bonds. The van der Waals surface area contributed by atoms with Crippen molar-refractivity contribution in [2.24, 2.45) is 7.05 Å². The SMILES string of the molecule is COc1ccc(-c2nnc([C@@H](C)OC(=O)c3cc(C(C)=O)cn3C)o2)cc1. The molecule has 1 aromatic carbocycles. The first-order chi connectivity index (χ1) is 12.9. The molecule has 8 heteroatoms. The Hall–Kier alpha value is -3.42. The summed E-state index contributed by atoms with van der Waals surface area (Å²) in [5, 5.41) is 7.94. The molecule has 3 rings (SSSR count). The second-order valence-corrected chi connectivity index (χ2v) is 6.00. The maximum absolute atomic E-state index is 12.4. The molecule has 0 N–H and O–H groups in total. The fourth-order valence-electron chi connectivity index (χ4n) is 2.48. The van der Waals surface area contributed by atoms with Gasteiger partial charge in [-0.25, -0.2) is 4.79 Å². The summed E-state index contributed by atoms with van der Waals surface area (Å²) < 4.78 is 17.7. The van der Waals surface area contributed by atoms with Crippen LogP contribution < -0.4 is 4.74 Å². The van der Waals surface area contributed by atoms with Crippen molar-refractivity contribution in [3.8, 4) is 17.2 Å².